The van der Waals surface area contributed by atoms with Gasteiger partial charge in [-0.05, 0) is 71.2 Å². The smallest absolute Gasteiger partial charge is 0.320 e. The van der Waals surface area contributed by atoms with E-state index in [1.54, 1.807) is 6.07 Å². The van der Waals surface area contributed by atoms with Gasteiger partial charge in [0.15, 0.2) is 5.78 Å². The Morgan fingerprint density at radius 1 is 0.755 bits per heavy atom. The minimum atomic E-state index is -1.34. The SMILES string of the molecule is CCCCCCCc1ccc(C[C@@H](CC(N)=O)OC(=O)[C@H](CCC(N)C(=O)O)C(=O)c2cc3ccccc3cc2Cc2ccccc2)cc1. The number of hydrogen-bond acceptors (Lipinski definition) is 6. The number of carbonyl (C=O) groups is 4. The van der Waals surface area contributed by atoms with E-state index in [9.17, 15) is 24.3 Å². The highest BCUT2D eigenvalue weighted by atomic mass is 16.5. The fraction of sp³-hybridized carbons (Fsp3) is 0.366. The van der Waals surface area contributed by atoms with Crippen LogP contribution in [0.2, 0.25) is 0 Å². The van der Waals surface area contributed by atoms with E-state index in [1.165, 1.54) is 31.2 Å². The van der Waals surface area contributed by atoms with Crippen molar-refractivity contribution in [1.29, 1.82) is 0 Å². The second-order valence-electron chi connectivity index (χ2n) is 12.9. The maximum atomic E-state index is 14.4. The van der Waals surface area contributed by atoms with E-state index >= 15 is 0 Å². The number of ketones is 1. The molecule has 0 radical (unpaired) electrons. The number of rotatable bonds is 20. The summed E-state index contributed by atoms with van der Waals surface area (Å²) in [6, 6.07) is 27.8. The van der Waals surface area contributed by atoms with Crippen molar-refractivity contribution in [1.82, 2.24) is 0 Å². The quantitative estimate of drug-likeness (QED) is 0.0400. The molecule has 0 heterocycles. The normalized spacial score (nSPS) is 13.0. The fourth-order valence-electron chi connectivity index (χ4n) is 6.16. The molecule has 8 heteroatoms. The molecule has 0 aliphatic heterocycles. The van der Waals surface area contributed by atoms with Gasteiger partial charge in [0.25, 0.3) is 0 Å². The summed E-state index contributed by atoms with van der Waals surface area (Å²) >= 11 is 0. The summed E-state index contributed by atoms with van der Waals surface area (Å²) in [7, 11) is 0. The largest absolute Gasteiger partial charge is 0.480 e. The summed E-state index contributed by atoms with van der Waals surface area (Å²) in [5.74, 6) is -4.54. The lowest BCUT2D eigenvalue weighted by molar-refractivity contribution is -0.153. The molecule has 0 fully saturated rings. The highest BCUT2D eigenvalue weighted by Crippen LogP contribution is 2.28. The highest BCUT2D eigenvalue weighted by Gasteiger charge is 2.34. The molecule has 1 unspecified atom stereocenters. The van der Waals surface area contributed by atoms with Gasteiger partial charge in [0.1, 0.15) is 18.1 Å². The number of fused-ring (bicyclic) bond motifs is 1. The van der Waals surface area contributed by atoms with Gasteiger partial charge in [0, 0.05) is 12.0 Å². The summed E-state index contributed by atoms with van der Waals surface area (Å²) in [6.45, 7) is 2.20. The summed E-state index contributed by atoms with van der Waals surface area (Å²) in [5, 5.41) is 11.2. The predicted octanol–water partition coefficient (Wildman–Crippen LogP) is 6.96. The van der Waals surface area contributed by atoms with E-state index < -0.39 is 41.7 Å². The van der Waals surface area contributed by atoms with Crippen molar-refractivity contribution in [3.63, 3.8) is 0 Å². The summed E-state index contributed by atoms with van der Waals surface area (Å²) < 4.78 is 5.89. The van der Waals surface area contributed by atoms with Crippen LogP contribution in [0.1, 0.15) is 90.9 Å². The summed E-state index contributed by atoms with van der Waals surface area (Å²) in [4.78, 5) is 51.9. The van der Waals surface area contributed by atoms with Crippen LogP contribution in [-0.4, -0.2) is 40.9 Å². The van der Waals surface area contributed by atoms with Crippen LogP contribution >= 0.6 is 0 Å². The first-order valence-electron chi connectivity index (χ1n) is 17.3. The number of aryl methyl sites for hydroxylation is 1. The molecule has 0 aliphatic rings. The minimum Gasteiger partial charge on any atom is -0.480 e. The van der Waals surface area contributed by atoms with E-state index in [0.717, 1.165) is 40.3 Å². The second kappa shape index (κ2) is 18.7. The van der Waals surface area contributed by atoms with E-state index in [0.29, 0.717) is 12.0 Å². The Kier molecular flexibility index (Phi) is 14.1. The lowest BCUT2D eigenvalue weighted by Crippen LogP contribution is -2.36. The zero-order chi connectivity index (χ0) is 35.2. The number of aliphatic carboxylic acids is 1. The maximum absolute atomic E-state index is 14.4. The molecule has 4 aromatic carbocycles. The standard InChI is InChI=1S/C41H48N2O6/c1-2-3-4-5-7-12-28-17-19-30(20-18-28)24-34(27-38(43)44)49-41(48)35(21-22-37(42)40(46)47)39(45)36-26-32-16-11-10-15-31(32)25-33(36)23-29-13-8-6-9-14-29/h6,8-11,13-20,25-26,34-35,37H,2-5,7,12,21-24,27,42H2,1H3,(H2,43,44)(H,46,47)/t34-,35+,37?/m0/s1. The molecule has 49 heavy (non-hydrogen) atoms. The number of nitrogens with two attached hydrogens (primary N) is 2. The van der Waals surface area contributed by atoms with E-state index in [1.807, 2.05) is 84.9 Å². The number of carboxylic acid groups (broad SMARTS) is 1. The van der Waals surface area contributed by atoms with Crippen LogP contribution in [0.5, 0.6) is 0 Å². The molecule has 0 aliphatic carbocycles. The molecule has 0 saturated carbocycles. The average molecular weight is 665 g/mol. The van der Waals surface area contributed by atoms with Gasteiger partial charge in [-0.3, -0.25) is 19.2 Å². The number of carboxylic acids is 1. The second-order valence-corrected chi connectivity index (χ2v) is 12.9. The number of esters is 1. The van der Waals surface area contributed by atoms with Gasteiger partial charge in [-0.25, -0.2) is 0 Å². The Bertz CT molecular complexity index is 1700. The minimum absolute atomic E-state index is 0.122. The van der Waals surface area contributed by atoms with E-state index in [4.69, 9.17) is 16.2 Å². The third-order valence-electron chi connectivity index (χ3n) is 8.93. The van der Waals surface area contributed by atoms with Crippen molar-refractivity contribution in [2.75, 3.05) is 0 Å². The van der Waals surface area contributed by atoms with Crippen LogP contribution in [0.4, 0.5) is 0 Å². The predicted molar refractivity (Wildman–Crippen MR) is 192 cm³/mol. The zero-order valence-electron chi connectivity index (χ0n) is 28.3. The molecule has 8 nitrogen and oxygen atoms in total. The number of carbonyl (C=O) groups excluding carboxylic acids is 3. The van der Waals surface area contributed by atoms with Crippen LogP contribution < -0.4 is 11.5 Å². The van der Waals surface area contributed by atoms with Crippen molar-refractivity contribution in [2.45, 2.75) is 89.7 Å². The van der Waals surface area contributed by atoms with Crippen molar-refractivity contribution in [3.05, 3.63) is 119 Å². The number of benzene rings is 4. The Balaban J connectivity index is 1.59. The van der Waals surface area contributed by atoms with Crippen LogP contribution in [0.25, 0.3) is 10.8 Å². The molecule has 4 aromatic rings. The van der Waals surface area contributed by atoms with Crippen molar-refractivity contribution >= 4 is 34.4 Å². The molecule has 0 bridgehead atoms. The molecule has 258 valence electrons. The Hall–Kier alpha value is -4.82. The third kappa shape index (κ3) is 11.4. The molecule has 0 saturated heterocycles. The van der Waals surface area contributed by atoms with Gasteiger partial charge in [-0.1, -0.05) is 118 Å². The van der Waals surface area contributed by atoms with Crippen LogP contribution in [0.15, 0.2) is 91.0 Å². The van der Waals surface area contributed by atoms with E-state index in [-0.39, 0.29) is 25.7 Å². The topological polar surface area (TPSA) is 150 Å². The van der Waals surface area contributed by atoms with Crippen molar-refractivity contribution in [2.24, 2.45) is 17.4 Å². The number of unbranched alkanes of at least 4 members (excludes halogenated alkanes) is 4. The highest BCUT2D eigenvalue weighted by molar-refractivity contribution is 6.11. The number of primary amides is 1. The van der Waals surface area contributed by atoms with Crippen molar-refractivity contribution in [3.8, 4) is 0 Å². The average Bonchev–Trinajstić information content (AvgIpc) is 3.08. The van der Waals surface area contributed by atoms with Crippen LogP contribution in [0, 0.1) is 5.92 Å². The number of hydrogen-bond donors (Lipinski definition) is 3. The summed E-state index contributed by atoms with van der Waals surface area (Å²) in [6.07, 6.45) is 6.25. The number of amides is 1. The molecular weight excluding hydrogens is 616 g/mol. The molecule has 5 N–H and O–H groups in total. The molecule has 3 atom stereocenters. The fourth-order valence-corrected chi connectivity index (χ4v) is 6.16. The zero-order valence-corrected chi connectivity index (χ0v) is 28.3. The lowest BCUT2D eigenvalue weighted by Gasteiger charge is -2.22. The molecule has 0 spiro atoms. The van der Waals surface area contributed by atoms with Crippen LogP contribution in [0.3, 0.4) is 0 Å². The Morgan fingerprint density at radius 2 is 1.39 bits per heavy atom. The monoisotopic (exact) mass is 664 g/mol. The first-order valence-corrected chi connectivity index (χ1v) is 17.3. The Labute approximate surface area is 288 Å². The molecule has 0 aromatic heterocycles. The van der Waals surface area contributed by atoms with Gasteiger partial charge < -0.3 is 21.3 Å². The van der Waals surface area contributed by atoms with Gasteiger partial charge in [0.2, 0.25) is 5.91 Å². The van der Waals surface area contributed by atoms with Gasteiger partial charge in [-0.15, -0.1) is 0 Å². The molecular formula is C41H48N2O6. The van der Waals surface area contributed by atoms with Gasteiger partial charge in [-0.2, -0.15) is 0 Å². The first-order chi connectivity index (χ1) is 23.6. The maximum Gasteiger partial charge on any atom is 0.320 e. The van der Waals surface area contributed by atoms with E-state index in [2.05, 4.69) is 6.92 Å². The molecule has 4 rings (SSSR count). The van der Waals surface area contributed by atoms with Gasteiger partial charge >= 0.3 is 11.9 Å². The van der Waals surface area contributed by atoms with Gasteiger partial charge in [0.05, 0.1) is 6.42 Å². The number of ether oxygens (including phenoxy) is 1. The number of Topliss-reactive ketones (excluding diaryl/α,β-unsaturated/α-hetero) is 1. The summed E-state index contributed by atoms with van der Waals surface area (Å²) in [5.41, 5.74) is 15.5. The third-order valence-corrected chi connectivity index (χ3v) is 8.93. The lowest BCUT2D eigenvalue weighted by atomic mass is 9.86. The van der Waals surface area contributed by atoms with Crippen molar-refractivity contribution < 1.29 is 29.0 Å². The van der Waals surface area contributed by atoms with Crippen LogP contribution in [-0.2, 0) is 38.4 Å². The first kappa shape index (κ1) is 37.0. The molecule has 1 amide bonds. The Morgan fingerprint density at radius 3 is 2.04 bits per heavy atom.